The van der Waals surface area contributed by atoms with Gasteiger partial charge in [0.15, 0.2) is 0 Å². The molecule has 3 saturated carbocycles. The number of anilines is 1. The number of methoxy groups -OCH3 is 1. The molecule has 2 bridgehead atoms. The van der Waals surface area contributed by atoms with Gasteiger partial charge >= 0.3 is 5.97 Å². The molecule has 128 valence electrons. The fraction of sp³-hybridized carbons (Fsp3) is 0.556. The number of hydrogen-bond donors (Lipinski definition) is 2. The number of hydrogen-bond acceptors (Lipinski definition) is 4. The minimum Gasteiger partial charge on any atom is -0.469 e. The lowest BCUT2D eigenvalue weighted by Crippen LogP contribution is -2.69. The number of ether oxygens (including phenoxy) is 1. The third-order valence-corrected chi connectivity index (χ3v) is 6.45. The second-order valence-electron chi connectivity index (χ2n) is 7.62. The first-order valence-corrected chi connectivity index (χ1v) is 8.73. The summed E-state index contributed by atoms with van der Waals surface area (Å²) in [7, 11) is 1.45. The molecule has 3 aliphatic carbocycles. The highest BCUT2D eigenvalue weighted by molar-refractivity contribution is 6.31. The largest absolute Gasteiger partial charge is 0.469 e. The van der Waals surface area contributed by atoms with Gasteiger partial charge in [0.2, 0.25) is 0 Å². The summed E-state index contributed by atoms with van der Waals surface area (Å²) >= 11 is 6.02. The van der Waals surface area contributed by atoms with E-state index < -0.39 is 5.66 Å². The minimum atomic E-state index is -0.491. The molecule has 1 aromatic carbocycles. The number of nitrogens with one attached hydrogen (secondary N) is 2. The molecule has 0 aromatic heterocycles. The molecular formula is C18H21ClN2O3. The van der Waals surface area contributed by atoms with Crippen LogP contribution in [0.1, 0.15) is 43.0 Å². The lowest BCUT2D eigenvalue weighted by Gasteiger charge is -2.60. The molecule has 24 heavy (non-hydrogen) atoms. The maximum Gasteiger partial charge on any atom is 0.309 e. The highest BCUT2D eigenvalue weighted by Gasteiger charge is 2.60. The van der Waals surface area contributed by atoms with Crippen LogP contribution in [0.25, 0.3) is 0 Å². The number of halogens is 1. The van der Waals surface area contributed by atoms with Crippen LogP contribution in [0.4, 0.5) is 5.69 Å². The first kappa shape index (κ1) is 15.8. The summed E-state index contributed by atoms with van der Waals surface area (Å²) in [4.78, 5) is 24.9. The van der Waals surface area contributed by atoms with Gasteiger partial charge < -0.3 is 15.4 Å². The van der Waals surface area contributed by atoms with E-state index >= 15 is 0 Å². The minimum absolute atomic E-state index is 0.0998. The number of benzene rings is 1. The van der Waals surface area contributed by atoms with E-state index in [1.807, 2.05) is 6.07 Å². The van der Waals surface area contributed by atoms with E-state index in [1.165, 1.54) is 7.11 Å². The fourth-order valence-corrected chi connectivity index (χ4v) is 5.15. The fourth-order valence-electron chi connectivity index (χ4n) is 4.98. The molecule has 1 heterocycles. The van der Waals surface area contributed by atoms with Crippen molar-refractivity contribution in [2.24, 2.45) is 17.3 Å². The molecule has 1 aliphatic heterocycles. The van der Waals surface area contributed by atoms with Gasteiger partial charge in [-0.1, -0.05) is 18.5 Å². The zero-order chi connectivity index (χ0) is 17.1. The topological polar surface area (TPSA) is 67.4 Å². The van der Waals surface area contributed by atoms with Crippen molar-refractivity contribution in [2.75, 3.05) is 12.4 Å². The monoisotopic (exact) mass is 348 g/mol. The first-order valence-electron chi connectivity index (χ1n) is 8.35. The van der Waals surface area contributed by atoms with Gasteiger partial charge in [-0.2, -0.15) is 0 Å². The molecule has 5 rings (SSSR count). The quantitative estimate of drug-likeness (QED) is 0.765. The van der Waals surface area contributed by atoms with Crippen LogP contribution in [0.3, 0.4) is 0 Å². The predicted octanol–water partition coefficient (Wildman–Crippen LogP) is 3.19. The second-order valence-corrected chi connectivity index (χ2v) is 8.05. The van der Waals surface area contributed by atoms with Crippen molar-refractivity contribution in [1.82, 2.24) is 5.32 Å². The third kappa shape index (κ3) is 2.14. The molecule has 3 unspecified atom stereocenters. The molecule has 1 aromatic rings. The van der Waals surface area contributed by atoms with Crippen molar-refractivity contribution in [3.05, 3.63) is 28.8 Å². The van der Waals surface area contributed by atoms with Crippen molar-refractivity contribution in [3.8, 4) is 0 Å². The Morgan fingerprint density at radius 3 is 2.88 bits per heavy atom. The summed E-state index contributed by atoms with van der Waals surface area (Å²) in [6.07, 6.45) is 3.42. The Hall–Kier alpha value is -1.75. The summed E-state index contributed by atoms with van der Waals surface area (Å²) in [5.41, 5.74) is 0.722. The number of esters is 1. The van der Waals surface area contributed by atoms with Crippen LogP contribution in [-0.2, 0) is 9.53 Å². The highest BCUT2D eigenvalue weighted by atomic mass is 35.5. The maximum absolute atomic E-state index is 12.7. The zero-order valence-electron chi connectivity index (χ0n) is 13.8. The molecule has 2 N–H and O–H groups in total. The molecule has 1 spiro atoms. The van der Waals surface area contributed by atoms with E-state index in [4.69, 9.17) is 16.3 Å². The molecule has 0 saturated heterocycles. The van der Waals surface area contributed by atoms with Crippen LogP contribution in [0.15, 0.2) is 18.2 Å². The van der Waals surface area contributed by atoms with Crippen LogP contribution in [0.2, 0.25) is 5.02 Å². The van der Waals surface area contributed by atoms with Gasteiger partial charge in [0.25, 0.3) is 5.91 Å². The van der Waals surface area contributed by atoms with Gasteiger partial charge in [-0.05, 0) is 49.3 Å². The predicted molar refractivity (Wildman–Crippen MR) is 90.8 cm³/mol. The van der Waals surface area contributed by atoms with E-state index in [1.54, 1.807) is 12.1 Å². The summed E-state index contributed by atoms with van der Waals surface area (Å²) in [5.74, 6) is -0.128. The summed E-state index contributed by atoms with van der Waals surface area (Å²) < 4.78 is 5.01. The van der Waals surface area contributed by atoms with E-state index in [0.29, 0.717) is 10.6 Å². The number of carbonyl (C=O) groups is 2. The first-order chi connectivity index (χ1) is 11.4. The average molecular weight is 349 g/mol. The van der Waals surface area contributed by atoms with E-state index in [2.05, 4.69) is 17.6 Å². The van der Waals surface area contributed by atoms with Crippen molar-refractivity contribution >= 4 is 29.2 Å². The number of amides is 1. The molecule has 5 nitrogen and oxygen atoms in total. The van der Waals surface area contributed by atoms with E-state index in [9.17, 15) is 9.59 Å². The smallest absolute Gasteiger partial charge is 0.309 e. The molecule has 4 aliphatic rings. The Morgan fingerprint density at radius 1 is 1.38 bits per heavy atom. The molecular weight excluding hydrogens is 328 g/mol. The Bertz CT molecular complexity index is 737. The van der Waals surface area contributed by atoms with Crippen LogP contribution in [0, 0.1) is 17.3 Å². The zero-order valence-corrected chi connectivity index (χ0v) is 14.6. The molecule has 3 fully saturated rings. The maximum atomic E-state index is 12.7. The Morgan fingerprint density at radius 2 is 2.17 bits per heavy atom. The summed E-state index contributed by atoms with van der Waals surface area (Å²) in [5, 5.41) is 7.30. The van der Waals surface area contributed by atoms with Crippen LogP contribution in [0.5, 0.6) is 0 Å². The Kier molecular flexibility index (Phi) is 3.36. The van der Waals surface area contributed by atoms with Gasteiger partial charge in [-0.3, -0.25) is 9.59 Å². The standard InChI is InChI=1S/C18H21ClN2O3/c1-17-6-5-10(7-13(17)16(23)24-2)18(9-17)20-14-4-3-11(19)8-12(14)15(22)21-18/h3-4,8,10,13,20H,5-7,9H2,1-2H3,(H,21,22)/t10?,13?,17?,18-/m1/s1. The molecule has 4 atom stereocenters. The van der Waals surface area contributed by atoms with Crippen molar-refractivity contribution in [1.29, 1.82) is 0 Å². The van der Waals surface area contributed by atoms with Crippen LogP contribution >= 0.6 is 11.6 Å². The number of carbonyl (C=O) groups excluding carboxylic acids is 2. The van der Waals surface area contributed by atoms with Crippen molar-refractivity contribution in [2.45, 2.75) is 38.3 Å². The second kappa shape index (κ2) is 5.12. The lowest BCUT2D eigenvalue weighted by molar-refractivity contribution is -0.160. The molecule has 1 amide bonds. The summed E-state index contributed by atoms with van der Waals surface area (Å²) in [6.45, 7) is 2.14. The van der Waals surface area contributed by atoms with Gasteiger partial charge in [-0.15, -0.1) is 0 Å². The van der Waals surface area contributed by atoms with Gasteiger partial charge in [0.1, 0.15) is 5.66 Å². The van der Waals surface area contributed by atoms with Gasteiger partial charge in [0, 0.05) is 16.6 Å². The molecule has 0 radical (unpaired) electrons. The van der Waals surface area contributed by atoms with Crippen molar-refractivity contribution < 1.29 is 14.3 Å². The number of fused-ring (bicyclic) bond motifs is 3. The SMILES string of the molecule is COC(=O)C1CC2CCC1(C)C[C@@]21NC(=O)c2cc(Cl)ccc2N1. The van der Waals surface area contributed by atoms with Crippen LogP contribution in [-0.4, -0.2) is 24.6 Å². The lowest BCUT2D eigenvalue weighted by atomic mass is 9.51. The third-order valence-electron chi connectivity index (χ3n) is 6.21. The van der Waals surface area contributed by atoms with E-state index in [-0.39, 0.29) is 29.1 Å². The average Bonchev–Trinajstić information content (AvgIpc) is 2.54. The van der Waals surface area contributed by atoms with E-state index in [0.717, 1.165) is 31.4 Å². The summed E-state index contributed by atoms with van der Waals surface area (Å²) in [6, 6.07) is 5.34. The van der Waals surface area contributed by atoms with Crippen LogP contribution < -0.4 is 10.6 Å². The van der Waals surface area contributed by atoms with Gasteiger partial charge in [0.05, 0.1) is 18.6 Å². The highest BCUT2D eigenvalue weighted by Crippen LogP contribution is 2.58. The van der Waals surface area contributed by atoms with Crippen molar-refractivity contribution in [3.63, 3.8) is 0 Å². The Labute approximate surface area is 146 Å². The molecule has 6 heteroatoms. The Balaban J connectivity index is 1.70. The normalized spacial score (nSPS) is 36.7. The van der Waals surface area contributed by atoms with Gasteiger partial charge in [-0.25, -0.2) is 0 Å². The number of rotatable bonds is 1.